The molecule has 106 valence electrons. The van der Waals surface area contributed by atoms with Crippen LogP contribution in [0.2, 0.25) is 0 Å². The number of methoxy groups -OCH3 is 1. The molecule has 0 aliphatic carbocycles. The summed E-state index contributed by atoms with van der Waals surface area (Å²) < 4.78 is 16.7. The molecule has 0 saturated carbocycles. The largest absolute Gasteiger partial charge is 0.493 e. The van der Waals surface area contributed by atoms with Gasteiger partial charge in [-0.1, -0.05) is 19.1 Å². The molecule has 1 aromatic carbocycles. The Morgan fingerprint density at radius 3 is 2.79 bits per heavy atom. The van der Waals surface area contributed by atoms with E-state index in [9.17, 15) is 0 Å². The predicted octanol–water partition coefficient (Wildman–Crippen LogP) is 2.09. The van der Waals surface area contributed by atoms with Gasteiger partial charge in [-0.15, -0.1) is 0 Å². The Morgan fingerprint density at radius 1 is 1.37 bits per heavy atom. The fourth-order valence-corrected chi connectivity index (χ4v) is 2.41. The van der Waals surface area contributed by atoms with Gasteiger partial charge in [0.25, 0.3) is 0 Å². The maximum atomic E-state index is 5.91. The molecule has 1 heterocycles. The third-order valence-corrected chi connectivity index (χ3v) is 3.49. The van der Waals surface area contributed by atoms with Crippen LogP contribution >= 0.6 is 0 Å². The Morgan fingerprint density at radius 2 is 2.16 bits per heavy atom. The van der Waals surface area contributed by atoms with Gasteiger partial charge in [-0.2, -0.15) is 0 Å². The van der Waals surface area contributed by atoms with E-state index < -0.39 is 0 Å². The van der Waals surface area contributed by atoms with Gasteiger partial charge in [0.15, 0.2) is 11.5 Å². The summed E-state index contributed by atoms with van der Waals surface area (Å²) in [6.45, 7) is 5.39. The first-order chi connectivity index (χ1) is 9.35. The van der Waals surface area contributed by atoms with Crippen molar-refractivity contribution in [3.8, 4) is 11.5 Å². The lowest BCUT2D eigenvalue weighted by atomic mass is 10.00. The third-order valence-electron chi connectivity index (χ3n) is 3.49. The number of ether oxygens (including phenoxy) is 3. The van der Waals surface area contributed by atoms with Crippen LogP contribution in [0.1, 0.15) is 13.3 Å². The number of nitrogens with one attached hydrogen (secondary N) is 1. The number of rotatable bonds is 7. The van der Waals surface area contributed by atoms with Crippen molar-refractivity contribution in [1.82, 2.24) is 5.32 Å². The van der Waals surface area contributed by atoms with Crippen LogP contribution < -0.4 is 14.8 Å². The molecule has 1 aliphatic heterocycles. The Labute approximate surface area is 115 Å². The highest BCUT2D eigenvalue weighted by Gasteiger charge is 2.25. The Hall–Kier alpha value is -1.26. The lowest BCUT2D eigenvalue weighted by Crippen LogP contribution is -2.41. The highest BCUT2D eigenvalue weighted by Crippen LogP contribution is 2.26. The van der Waals surface area contributed by atoms with E-state index in [2.05, 4.69) is 12.2 Å². The highest BCUT2D eigenvalue weighted by atomic mass is 16.5. The lowest BCUT2D eigenvalue weighted by molar-refractivity contribution is 0.159. The fourth-order valence-electron chi connectivity index (χ4n) is 2.41. The quantitative estimate of drug-likeness (QED) is 0.819. The van der Waals surface area contributed by atoms with Gasteiger partial charge in [-0.25, -0.2) is 0 Å². The van der Waals surface area contributed by atoms with Crippen LogP contribution in [0.25, 0.3) is 0 Å². The van der Waals surface area contributed by atoms with Crippen LogP contribution in [-0.2, 0) is 4.74 Å². The second-order valence-electron chi connectivity index (χ2n) is 4.75. The summed E-state index contributed by atoms with van der Waals surface area (Å²) in [4.78, 5) is 0. The van der Waals surface area contributed by atoms with E-state index in [-0.39, 0.29) is 0 Å². The van der Waals surface area contributed by atoms with E-state index in [0.717, 1.165) is 37.7 Å². The molecule has 2 unspecified atom stereocenters. The summed E-state index contributed by atoms with van der Waals surface area (Å²) in [6.07, 6.45) is 1.10. The average Bonchev–Trinajstić information content (AvgIpc) is 2.97. The molecule has 1 fully saturated rings. The summed E-state index contributed by atoms with van der Waals surface area (Å²) in [7, 11) is 1.66. The van der Waals surface area contributed by atoms with Crippen molar-refractivity contribution in [2.75, 3.05) is 33.5 Å². The van der Waals surface area contributed by atoms with Crippen molar-refractivity contribution in [2.24, 2.45) is 5.92 Å². The molecular formula is C15H23NO3. The van der Waals surface area contributed by atoms with Gasteiger partial charge in [-0.3, -0.25) is 0 Å². The minimum absolute atomic E-state index is 0.331. The molecule has 4 nitrogen and oxygen atoms in total. The molecular weight excluding hydrogens is 242 g/mol. The number of benzene rings is 1. The first-order valence-electron chi connectivity index (χ1n) is 6.92. The number of hydrogen-bond acceptors (Lipinski definition) is 4. The van der Waals surface area contributed by atoms with Gasteiger partial charge < -0.3 is 19.5 Å². The summed E-state index contributed by atoms with van der Waals surface area (Å²) in [5.41, 5.74) is 0. The molecule has 1 aliphatic rings. The molecule has 19 heavy (non-hydrogen) atoms. The van der Waals surface area contributed by atoms with E-state index in [1.807, 2.05) is 24.3 Å². The monoisotopic (exact) mass is 265 g/mol. The summed E-state index contributed by atoms with van der Waals surface area (Å²) >= 11 is 0. The molecule has 1 aromatic rings. The SMILES string of the molecule is CCNC(COc1ccccc1OC)C1CCOC1. The smallest absolute Gasteiger partial charge is 0.161 e. The van der Waals surface area contributed by atoms with Gasteiger partial charge >= 0.3 is 0 Å². The molecule has 2 atom stereocenters. The molecule has 0 spiro atoms. The number of likely N-dealkylation sites (N-methyl/N-ethyl adjacent to an activating group) is 1. The van der Waals surface area contributed by atoms with Gasteiger partial charge in [0.2, 0.25) is 0 Å². The molecule has 0 amide bonds. The van der Waals surface area contributed by atoms with Crippen molar-refractivity contribution in [1.29, 1.82) is 0 Å². The van der Waals surface area contributed by atoms with Crippen molar-refractivity contribution >= 4 is 0 Å². The number of para-hydroxylation sites is 2. The second-order valence-corrected chi connectivity index (χ2v) is 4.75. The molecule has 4 heteroatoms. The van der Waals surface area contributed by atoms with Crippen LogP contribution in [0.4, 0.5) is 0 Å². The van der Waals surface area contributed by atoms with Gasteiger partial charge in [-0.05, 0) is 25.1 Å². The normalized spacial score (nSPS) is 20.2. The number of hydrogen-bond donors (Lipinski definition) is 1. The third kappa shape index (κ3) is 3.85. The zero-order valence-electron chi connectivity index (χ0n) is 11.7. The van der Waals surface area contributed by atoms with Crippen LogP contribution in [0, 0.1) is 5.92 Å². The van der Waals surface area contributed by atoms with E-state index in [1.54, 1.807) is 7.11 Å². The predicted molar refractivity (Wildman–Crippen MR) is 74.9 cm³/mol. The zero-order valence-corrected chi connectivity index (χ0v) is 11.7. The van der Waals surface area contributed by atoms with Gasteiger partial charge in [0.05, 0.1) is 13.7 Å². The topological polar surface area (TPSA) is 39.7 Å². The van der Waals surface area contributed by atoms with E-state index in [1.165, 1.54) is 0 Å². The first kappa shape index (κ1) is 14.2. The minimum atomic E-state index is 0.331. The molecule has 0 aromatic heterocycles. The van der Waals surface area contributed by atoms with Crippen molar-refractivity contribution in [3.05, 3.63) is 24.3 Å². The van der Waals surface area contributed by atoms with Gasteiger partial charge in [0, 0.05) is 18.6 Å². The summed E-state index contributed by atoms with van der Waals surface area (Å²) in [6, 6.07) is 8.08. The molecule has 2 rings (SSSR count). The lowest BCUT2D eigenvalue weighted by Gasteiger charge is -2.23. The first-order valence-corrected chi connectivity index (χ1v) is 6.92. The maximum absolute atomic E-state index is 5.91. The van der Waals surface area contributed by atoms with E-state index >= 15 is 0 Å². The standard InChI is InChI=1S/C15H23NO3/c1-3-16-13(12-8-9-18-10-12)11-19-15-7-5-4-6-14(15)17-2/h4-7,12-13,16H,3,8-11H2,1-2H3. The highest BCUT2D eigenvalue weighted by molar-refractivity contribution is 5.39. The van der Waals surface area contributed by atoms with Crippen LogP contribution in [0.5, 0.6) is 11.5 Å². The minimum Gasteiger partial charge on any atom is -0.493 e. The Kier molecular flexibility index (Phi) is 5.48. The zero-order chi connectivity index (χ0) is 13.5. The second kappa shape index (κ2) is 7.36. The van der Waals surface area contributed by atoms with E-state index in [4.69, 9.17) is 14.2 Å². The fraction of sp³-hybridized carbons (Fsp3) is 0.600. The molecule has 1 saturated heterocycles. The van der Waals surface area contributed by atoms with Crippen LogP contribution in [0.15, 0.2) is 24.3 Å². The van der Waals surface area contributed by atoms with Crippen LogP contribution in [0.3, 0.4) is 0 Å². The van der Waals surface area contributed by atoms with E-state index in [0.29, 0.717) is 18.6 Å². The Balaban J connectivity index is 1.93. The van der Waals surface area contributed by atoms with Crippen LogP contribution in [-0.4, -0.2) is 39.5 Å². The molecule has 0 bridgehead atoms. The molecule has 0 radical (unpaired) electrons. The molecule has 1 N–H and O–H groups in total. The van der Waals surface area contributed by atoms with Crippen molar-refractivity contribution in [2.45, 2.75) is 19.4 Å². The van der Waals surface area contributed by atoms with Crippen molar-refractivity contribution < 1.29 is 14.2 Å². The Bertz CT molecular complexity index is 377. The van der Waals surface area contributed by atoms with Gasteiger partial charge in [0.1, 0.15) is 6.61 Å². The van der Waals surface area contributed by atoms with Crippen molar-refractivity contribution in [3.63, 3.8) is 0 Å². The summed E-state index contributed by atoms with van der Waals surface area (Å²) in [5, 5.41) is 3.49. The summed E-state index contributed by atoms with van der Waals surface area (Å²) in [5.74, 6) is 2.11. The average molecular weight is 265 g/mol. The maximum Gasteiger partial charge on any atom is 0.161 e.